The van der Waals surface area contributed by atoms with E-state index in [-0.39, 0.29) is 24.7 Å². The Morgan fingerprint density at radius 3 is 2.25 bits per heavy atom. The van der Waals surface area contributed by atoms with Crippen LogP contribution in [0.3, 0.4) is 0 Å². The molecule has 3 aliphatic rings. The summed E-state index contributed by atoms with van der Waals surface area (Å²) in [5.74, 6) is 0.656. The van der Waals surface area contributed by atoms with E-state index in [1.54, 1.807) is 27.4 Å². The summed E-state index contributed by atoms with van der Waals surface area (Å²) in [6.07, 6.45) is 7.09. The fourth-order valence-electron chi connectivity index (χ4n) is 4.99. The molecule has 2 amide bonds. The van der Waals surface area contributed by atoms with Gasteiger partial charge in [0.25, 0.3) is 0 Å². The van der Waals surface area contributed by atoms with Crippen molar-refractivity contribution in [3.05, 3.63) is 23.8 Å². The van der Waals surface area contributed by atoms with Crippen LogP contribution >= 0.6 is 0 Å². The van der Waals surface area contributed by atoms with Crippen LogP contribution in [0.4, 0.5) is 5.69 Å². The molecule has 2 saturated heterocycles. The fraction of sp³-hybridized carbons (Fsp3) is 0.667. The summed E-state index contributed by atoms with van der Waals surface area (Å²) >= 11 is 0. The van der Waals surface area contributed by atoms with E-state index in [4.69, 9.17) is 0 Å². The predicted molar refractivity (Wildman–Crippen MR) is 124 cm³/mol. The van der Waals surface area contributed by atoms with Crippen LogP contribution < -0.4 is 4.90 Å². The van der Waals surface area contributed by atoms with Crippen LogP contribution in [-0.4, -0.2) is 62.2 Å². The van der Waals surface area contributed by atoms with Gasteiger partial charge in [0.05, 0.1) is 4.90 Å². The molecular formula is C24H35N3O4S. The maximum atomic E-state index is 13.1. The van der Waals surface area contributed by atoms with E-state index in [1.807, 2.05) is 4.90 Å². The molecule has 8 heteroatoms. The van der Waals surface area contributed by atoms with Crippen LogP contribution in [-0.2, 0) is 26.0 Å². The smallest absolute Gasteiger partial charge is 0.243 e. The molecule has 1 aromatic carbocycles. The van der Waals surface area contributed by atoms with Crippen LogP contribution in [0.15, 0.2) is 23.1 Å². The second-order valence-electron chi connectivity index (χ2n) is 9.47. The summed E-state index contributed by atoms with van der Waals surface area (Å²) < 4.78 is 27.8. The summed E-state index contributed by atoms with van der Waals surface area (Å²) in [5.41, 5.74) is 1.68. The summed E-state index contributed by atoms with van der Waals surface area (Å²) in [4.78, 5) is 29.2. The first-order valence-electron chi connectivity index (χ1n) is 12.1. The topological polar surface area (TPSA) is 78.0 Å². The van der Waals surface area contributed by atoms with E-state index >= 15 is 0 Å². The number of nitrogens with zero attached hydrogens (tertiary/aromatic N) is 3. The van der Waals surface area contributed by atoms with Gasteiger partial charge in [-0.25, -0.2) is 8.42 Å². The van der Waals surface area contributed by atoms with Crippen molar-refractivity contribution in [2.24, 2.45) is 5.92 Å². The molecule has 0 N–H and O–H groups in total. The Morgan fingerprint density at radius 1 is 0.906 bits per heavy atom. The second-order valence-corrected chi connectivity index (χ2v) is 11.4. The Balaban J connectivity index is 1.38. The third kappa shape index (κ3) is 5.01. The fourth-order valence-corrected chi connectivity index (χ4v) is 6.56. The Bertz CT molecular complexity index is 946. The molecule has 1 aromatic rings. The number of anilines is 1. The Hall–Kier alpha value is -1.93. The van der Waals surface area contributed by atoms with Crippen molar-refractivity contribution in [3.63, 3.8) is 0 Å². The molecule has 0 atom stereocenters. The molecule has 2 fully saturated rings. The summed E-state index contributed by atoms with van der Waals surface area (Å²) in [7, 11) is -3.50. The highest BCUT2D eigenvalue weighted by Gasteiger charge is 2.30. The van der Waals surface area contributed by atoms with Gasteiger partial charge in [-0.05, 0) is 61.8 Å². The van der Waals surface area contributed by atoms with Gasteiger partial charge in [0.15, 0.2) is 0 Å². The van der Waals surface area contributed by atoms with E-state index in [1.165, 1.54) is 0 Å². The van der Waals surface area contributed by atoms with Crippen LogP contribution in [0.2, 0.25) is 0 Å². The molecule has 32 heavy (non-hydrogen) atoms. The van der Waals surface area contributed by atoms with Gasteiger partial charge in [-0.15, -0.1) is 0 Å². The van der Waals surface area contributed by atoms with E-state index in [0.717, 1.165) is 62.9 Å². The minimum atomic E-state index is -3.50. The molecule has 0 aromatic heterocycles. The first-order chi connectivity index (χ1) is 15.4. The number of fused-ring (bicyclic) bond motifs is 1. The Labute approximate surface area is 191 Å². The molecule has 0 unspecified atom stereocenters. The quantitative estimate of drug-likeness (QED) is 0.675. The predicted octanol–water partition coefficient (Wildman–Crippen LogP) is 3.18. The summed E-state index contributed by atoms with van der Waals surface area (Å²) in [6.45, 7) is 5.48. The lowest BCUT2D eigenvalue weighted by Crippen LogP contribution is -2.38. The van der Waals surface area contributed by atoms with Crippen LogP contribution in [0.25, 0.3) is 0 Å². The zero-order valence-corrected chi connectivity index (χ0v) is 19.9. The average Bonchev–Trinajstić information content (AvgIpc) is 3.01. The average molecular weight is 462 g/mol. The van der Waals surface area contributed by atoms with E-state index in [0.29, 0.717) is 36.9 Å². The number of hydrogen-bond acceptors (Lipinski definition) is 4. The molecule has 4 rings (SSSR count). The number of hydrogen-bond donors (Lipinski definition) is 0. The van der Waals surface area contributed by atoms with Crippen molar-refractivity contribution < 1.29 is 18.0 Å². The highest BCUT2D eigenvalue weighted by Crippen LogP contribution is 2.32. The lowest BCUT2D eigenvalue weighted by molar-refractivity contribution is -0.134. The van der Waals surface area contributed by atoms with Crippen molar-refractivity contribution >= 4 is 27.5 Å². The SMILES string of the molecule is CC1CCN(C(=O)CCC(=O)N2CCc3cc(S(=O)(=O)N4CCCCCC4)ccc32)CC1. The Morgan fingerprint density at radius 2 is 1.56 bits per heavy atom. The molecule has 176 valence electrons. The summed E-state index contributed by atoms with van der Waals surface area (Å²) in [6, 6.07) is 5.13. The van der Waals surface area contributed by atoms with Gasteiger partial charge in [0.1, 0.15) is 0 Å². The van der Waals surface area contributed by atoms with Gasteiger partial charge in [0.2, 0.25) is 21.8 Å². The third-order valence-electron chi connectivity index (χ3n) is 7.14. The van der Waals surface area contributed by atoms with Crippen molar-refractivity contribution in [3.8, 4) is 0 Å². The molecular weight excluding hydrogens is 426 g/mol. The zero-order chi connectivity index (χ0) is 22.7. The van der Waals surface area contributed by atoms with Crippen molar-refractivity contribution in [1.29, 1.82) is 0 Å². The normalized spacial score (nSPS) is 20.8. The standard InChI is InChI=1S/C24H35N3O4S/c1-19-10-15-25(16-11-19)23(28)8-9-24(29)27-17-12-20-18-21(6-7-22(20)27)32(30,31)26-13-4-2-3-5-14-26/h6-7,18-19H,2-5,8-17H2,1H3. The van der Waals surface area contributed by atoms with Gasteiger partial charge >= 0.3 is 0 Å². The molecule has 0 bridgehead atoms. The number of benzene rings is 1. The number of likely N-dealkylation sites (tertiary alicyclic amines) is 1. The number of carbonyl (C=O) groups is 2. The van der Waals surface area contributed by atoms with Gasteiger partial charge < -0.3 is 9.80 Å². The maximum Gasteiger partial charge on any atom is 0.243 e. The van der Waals surface area contributed by atoms with E-state index in [9.17, 15) is 18.0 Å². The molecule has 0 spiro atoms. The second kappa shape index (κ2) is 9.91. The number of piperidine rings is 1. The molecule has 3 heterocycles. The van der Waals surface area contributed by atoms with Crippen molar-refractivity contribution in [2.75, 3.05) is 37.6 Å². The van der Waals surface area contributed by atoms with Crippen molar-refractivity contribution in [1.82, 2.24) is 9.21 Å². The largest absolute Gasteiger partial charge is 0.343 e. The van der Waals surface area contributed by atoms with Gasteiger partial charge in [-0.2, -0.15) is 4.31 Å². The van der Waals surface area contributed by atoms with Crippen LogP contribution in [0.5, 0.6) is 0 Å². The van der Waals surface area contributed by atoms with Gasteiger partial charge in [-0.3, -0.25) is 9.59 Å². The highest BCUT2D eigenvalue weighted by atomic mass is 32.2. The molecule has 3 aliphatic heterocycles. The lowest BCUT2D eigenvalue weighted by Gasteiger charge is -2.30. The highest BCUT2D eigenvalue weighted by molar-refractivity contribution is 7.89. The monoisotopic (exact) mass is 461 g/mol. The molecule has 7 nitrogen and oxygen atoms in total. The first kappa shape index (κ1) is 23.2. The number of sulfonamides is 1. The number of rotatable bonds is 5. The minimum Gasteiger partial charge on any atom is -0.343 e. The molecule has 0 saturated carbocycles. The van der Waals surface area contributed by atoms with E-state index in [2.05, 4.69) is 6.92 Å². The summed E-state index contributed by atoms with van der Waals surface area (Å²) in [5, 5.41) is 0. The van der Waals surface area contributed by atoms with E-state index < -0.39 is 10.0 Å². The number of carbonyl (C=O) groups excluding carboxylic acids is 2. The van der Waals surface area contributed by atoms with Crippen molar-refractivity contribution in [2.45, 2.75) is 69.6 Å². The zero-order valence-electron chi connectivity index (χ0n) is 19.1. The molecule has 0 radical (unpaired) electrons. The Kier molecular flexibility index (Phi) is 7.20. The molecule has 0 aliphatic carbocycles. The van der Waals surface area contributed by atoms with Crippen LogP contribution in [0.1, 0.15) is 63.9 Å². The first-order valence-corrected chi connectivity index (χ1v) is 13.5. The maximum absolute atomic E-state index is 13.1. The number of amides is 2. The van der Waals surface area contributed by atoms with Gasteiger partial charge in [-0.1, -0.05) is 19.8 Å². The third-order valence-corrected chi connectivity index (χ3v) is 9.03. The van der Waals surface area contributed by atoms with Crippen LogP contribution in [0, 0.1) is 5.92 Å². The minimum absolute atomic E-state index is 0.0589. The van der Waals surface area contributed by atoms with Gasteiger partial charge in [0, 0.05) is 51.3 Å². The lowest BCUT2D eigenvalue weighted by atomic mass is 9.99.